The average molecular weight is 525 g/mol. The molecule has 38 heavy (non-hydrogen) atoms. The Balaban J connectivity index is 0.000000380. The fourth-order valence-electron chi connectivity index (χ4n) is 3.91. The number of carbonyl (C=O) groups is 2. The van der Waals surface area contributed by atoms with Gasteiger partial charge in [-0.25, -0.2) is 9.59 Å². The first kappa shape index (κ1) is 33.4. The molecule has 0 aliphatic heterocycles. The van der Waals surface area contributed by atoms with Crippen LogP contribution in [-0.4, -0.2) is 25.2 Å². The van der Waals surface area contributed by atoms with Crippen LogP contribution >= 0.6 is 0 Å². The lowest BCUT2D eigenvalue weighted by atomic mass is 9.94. The first-order valence-electron chi connectivity index (χ1n) is 14.3. The van der Waals surface area contributed by atoms with E-state index in [9.17, 15) is 9.59 Å². The van der Waals surface area contributed by atoms with Gasteiger partial charge in [-0.2, -0.15) is 0 Å². The van der Waals surface area contributed by atoms with Crippen molar-refractivity contribution >= 4 is 11.9 Å². The van der Waals surface area contributed by atoms with Crippen LogP contribution in [0.3, 0.4) is 0 Å². The van der Waals surface area contributed by atoms with E-state index in [0.717, 1.165) is 62.5 Å². The molecule has 2 rings (SSSR count). The van der Waals surface area contributed by atoms with Crippen molar-refractivity contribution in [1.29, 1.82) is 0 Å². The SMILES string of the molecule is CC(C)=CCCC1=CCC(C(=O)OCC(C)C)=CC1.CC(C)=CCCC1=CCC=C(C(=O)OCC(C)C)C1. The van der Waals surface area contributed by atoms with Gasteiger partial charge >= 0.3 is 11.9 Å². The lowest BCUT2D eigenvalue weighted by Gasteiger charge is -2.15. The first-order chi connectivity index (χ1) is 18.0. The highest BCUT2D eigenvalue weighted by Gasteiger charge is 2.16. The number of esters is 2. The second-order valence-electron chi connectivity index (χ2n) is 11.6. The minimum Gasteiger partial charge on any atom is -0.462 e. The van der Waals surface area contributed by atoms with E-state index in [1.165, 1.54) is 22.3 Å². The van der Waals surface area contributed by atoms with Gasteiger partial charge in [-0.15, -0.1) is 0 Å². The van der Waals surface area contributed by atoms with E-state index >= 15 is 0 Å². The predicted molar refractivity (Wildman–Crippen MR) is 160 cm³/mol. The van der Waals surface area contributed by atoms with Gasteiger partial charge in [-0.1, -0.05) is 86.4 Å². The van der Waals surface area contributed by atoms with E-state index in [2.05, 4.69) is 52.0 Å². The quantitative estimate of drug-likeness (QED) is 0.189. The molecular formula is C34H52O4. The molecule has 4 heteroatoms. The van der Waals surface area contributed by atoms with Crippen molar-refractivity contribution in [2.24, 2.45) is 11.8 Å². The molecule has 2 aliphatic carbocycles. The Morgan fingerprint density at radius 2 is 1.24 bits per heavy atom. The third kappa shape index (κ3) is 15.6. The van der Waals surface area contributed by atoms with Gasteiger partial charge in [-0.05, 0) is 84.5 Å². The molecule has 0 heterocycles. The van der Waals surface area contributed by atoms with Crippen molar-refractivity contribution in [3.05, 3.63) is 69.9 Å². The topological polar surface area (TPSA) is 52.6 Å². The third-order valence-corrected chi connectivity index (χ3v) is 6.07. The molecule has 0 N–H and O–H groups in total. The van der Waals surface area contributed by atoms with Gasteiger partial charge in [-0.3, -0.25) is 0 Å². The second kappa shape index (κ2) is 18.6. The van der Waals surface area contributed by atoms with Crippen molar-refractivity contribution in [3.8, 4) is 0 Å². The average Bonchev–Trinajstić information content (AvgIpc) is 2.86. The summed E-state index contributed by atoms with van der Waals surface area (Å²) in [5.41, 5.74) is 7.14. The molecule has 0 aromatic heterocycles. The highest BCUT2D eigenvalue weighted by Crippen LogP contribution is 2.24. The molecule has 0 spiro atoms. The molecule has 0 aromatic rings. The summed E-state index contributed by atoms with van der Waals surface area (Å²) in [4.78, 5) is 23.7. The summed E-state index contributed by atoms with van der Waals surface area (Å²) in [6.07, 6.45) is 20.5. The lowest BCUT2D eigenvalue weighted by Crippen LogP contribution is -2.14. The normalized spacial score (nSPS) is 14.8. The molecule has 4 nitrogen and oxygen atoms in total. The Kier molecular flexibility index (Phi) is 16.4. The number of hydrogen-bond acceptors (Lipinski definition) is 4. The summed E-state index contributed by atoms with van der Waals surface area (Å²) in [5.74, 6) is 0.499. The molecule has 0 fully saturated rings. The fraction of sp³-hybridized carbons (Fsp3) is 0.588. The van der Waals surface area contributed by atoms with Gasteiger partial charge in [0.25, 0.3) is 0 Å². The van der Waals surface area contributed by atoms with Gasteiger partial charge in [0, 0.05) is 17.6 Å². The fourth-order valence-corrected chi connectivity index (χ4v) is 3.91. The molecule has 0 saturated heterocycles. The molecule has 0 saturated carbocycles. The standard InChI is InChI=1S/2C17H26O2/c1-13(2)7-5-8-15-9-6-10-16(11-15)17(18)19-12-14(3)4;1-13(2)6-5-7-15-8-10-16(11-9-15)17(18)19-12-14(3)4/h7,9-10,14H,5-6,8,11-12H2,1-4H3;6,8,11,14H,5,7,9-10,12H2,1-4H3. The number of carbonyl (C=O) groups excluding carboxylic acids is 2. The zero-order chi connectivity index (χ0) is 28.5. The van der Waals surface area contributed by atoms with E-state index in [-0.39, 0.29) is 11.9 Å². The number of allylic oxidation sites excluding steroid dienone is 10. The maximum absolute atomic E-state index is 11.9. The maximum atomic E-state index is 11.9. The van der Waals surface area contributed by atoms with E-state index in [0.29, 0.717) is 25.0 Å². The van der Waals surface area contributed by atoms with Crippen LogP contribution in [-0.2, 0) is 19.1 Å². The maximum Gasteiger partial charge on any atom is 0.334 e. The molecule has 2 aliphatic rings. The molecular weight excluding hydrogens is 472 g/mol. The highest BCUT2D eigenvalue weighted by atomic mass is 16.5. The summed E-state index contributed by atoms with van der Waals surface area (Å²) in [6.45, 7) is 17.7. The number of hydrogen-bond donors (Lipinski definition) is 0. The van der Waals surface area contributed by atoms with Crippen molar-refractivity contribution in [2.75, 3.05) is 13.2 Å². The number of rotatable bonds is 12. The Hall–Kier alpha value is -2.62. The predicted octanol–water partition coefficient (Wildman–Crippen LogP) is 9.16. The minimum absolute atomic E-state index is 0.137. The summed E-state index contributed by atoms with van der Waals surface area (Å²) in [6, 6.07) is 0. The molecule has 0 radical (unpaired) electrons. The Morgan fingerprint density at radius 3 is 1.71 bits per heavy atom. The lowest BCUT2D eigenvalue weighted by molar-refractivity contribution is -0.141. The molecule has 0 unspecified atom stereocenters. The van der Waals surface area contributed by atoms with Crippen molar-refractivity contribution in [3.63, 3.8) is 0 Å². The second-order valence-corrected chi connectivity index (χ2v) is 11.6. The van der Waals surface area contributed by atoms with E-state index in [1.807, 2.05) is 39.8 Å². The van der Waals surface area contributed by atoms with Crippen LogP contribution in [0, 0.1) is 11.8 Å². The van der Waals surface area contributed by atoms with Crippen LogP contribution in [0.2, 0.25) is 0 Å². The first-order valence-corrected chi connectivity index (χ1v) is 14.3. The molecule has 0 aromatic carbocycles. The van der Waals surface area contributed by atoms with Crippen molar-refractivity contribution in [2.45, 2.75) is 107 Å². The molecule has 0 atom stereocenters. The van der Waals surface area contributed by atoms with Crippen LogP contribution in [0.4, 0.5) is 0 Å². The summed E-state index contributed by atoms with van der Waals surface area (Å²) in [7, 11) is 0. The van der Waals surface area contributed by atoms with Crippen LogP contribution in [0.25, 0.3) is 0 Å². The van der Waals surface area contributed by atoms with Crippen molar-refractivity contribution in [1.82, 2.24) is 0 Å². The van der Waals surface area contributed by atoms with Gasteiger partial charge in [0.2, 0.25) is 0 Å². The van der Waals surface area contributed by atoms with Gasteiger partial charge < -0.3 is 9.47 Å². The Bertz CT molecular complexity index is 943. The molecule has 0 amide bonds. The Morgan fingerprint density at radius 1 is 0.711 bits per heavy atom. The van der Waals surface area contributed by atoms with Gasteiger partial charge in [0.05, 0.1) is 13.2 Å². The summed E-state index contributed by atoms with van der Waals surface area (Å²) >= 11 is 0. The van der Waals surface area contributed by atoms with Gasteiger partial charge in [0.1, 0.15) is 0 Å². The van der Waals surface area contributed by atoms with Crippen molar-refractivity contribution < 1.29 is 19.1 Å². The zero-order valence-electron chi connectivity index (χ0n) is 25.3. The molecule has 212 valence electrons. The van der Waals surface area contributed by atoms with E-state index < -0.39 is 0 Å². The monoisotopic (exact) mass is 524 g/mol. The van der Waals surface area contributed by atoms with Crippen LogP contribution in [0.5, 0.6) is 0 Å². The smallest absolute Gasteiger partial charge is 0.334 e. The van der Waals surface area contributed by atoms with E-state index in [4.69, 9.17) is 9.47 Å². The number of ether oxygens (including phenoxy) is 2. The zero-order valence-corrected chi connectivity index (χ0v) is 25.3. The Labute approximate surface area is 232 Å². The highest BCUT2D eigenvalue weighted by molar-refractivity contribution is 5.89. The summed E-state index contributed by atoms with van der Waals surface area (Å²) < 4.78 is 10.5. The van der Waals surface area contributed by atoms with Gasteiger partial charge in [0.15, 0.2) is 0 Å². The largest absolute Gasteiger partial charge is 0.462 e. The minimum atomic E-state index is -0.145. The summed E-state index contributed by atoms with van der Waals surface area (Å²) in [5, 5.41) is 0. The van der Waals surface area contributed by atoms with Crippen LogP contribution in [0.1, 0.15) is 107 Å². The van der Waals surface area contributed by atoms with Crippen LogP contribution < -0.4 is 0 Å². The van der Waals surface area contributed by atoms with E-state index in [1.54, 1.807) is 0 Å². The van der Waals surface area contributed by atoms with Crippen LogP contribution in [0.15, 0.2) is 69.9 Å². The third-order valence-electron chi connectivity index (χ3n) is 6.07. The molecule has 0 bridgehead atoms.